The van der Waals surface area contributed by atoms with Crippen LogP contribution in [0.5, 0.6) is 0 Å². The van der Waals surface area contributed by atoms with Crippen molar-refractivity contribution < 1.29 is 5.11 Å². The summed E-state index contributed by atoms with van der Waals surface area (Å²) >= 11 is 0. The Morgan fingerprint density at radius 2 is 2.11 bits per heavy atom. The predicted octanol–water partition coefficient (Wildman–Crippen LogP) is 2.31. The normalized spacial score (nSPS) is 13.6. The topological polar surface area (TPSA) is 59.1 Å². The zero-order chi connectivity index (χ0) is 12.5. The van der Waals surface area contributed by atoms with Crippen LogP contribution < -0.4 is 5.73 Å². The van der Waals surface area contributed by atoms with Gasteiger partial charge in [-0.05, 0) is 48.1 Å². The van der Waals surface area contributed by atoms with Gasteiger partial charge in [0.15, 0.2) is 0 Å². The van der Waals surface area contributed by atoms with Gasteiger partial charge in [0.2, 0.25) is 0 Å². The minimum atomic E-state index is -0.0430. The quantitative estimate of drug-likeness (QED) is 0.792. The smallest absolute Gasteiger partial charge is 0.0853 e. The maximum atomic E-state index is 9.14. The number of nitrogens with zero attached hydrogens (tertiary/aromatic N) is 1. The number of aromatic nitrogens is 1. The molecule has 0 saturated carbocycles. The first-order valence-corrected chi connectivity index (χ1v) is 6.26. The Morgan fingerprint density at radius 3 is 2.94 bits per heavy atom. The maximum Gasteiger partial charge on any atom is 0.0853 e. The Hall–Kier alpha value is -1.87. The second kappa shape index (κ2) is 4.42. The van der Waals surface area contributed by atoms with Crippen molar-refractivity contribution in [3.63, 3.8) is 0 Å². The summed E-state index contributed by atoms with van der Waals surface area (Å²) < 4.78 is 0. The van der Waals surface area contributed by atoms with Crippen LogP contribution in [0.1, 0.15) is 23.2 Å². The van der Waals surface area contributed by atoms with Gasteiger partial charge in [0.1, 0.15) is 0 Å². The van der Waals surface area contributed by atoms with Gasteiger partial charge in [0.25, 0.3) is 0 Å². The number of aliphatic hydroxyl groups excluding tert-OH is 1. The van der Waals surface area contributed by atoms with E-state index in [0.29, 0.717) is 5.69 Å². The fourth-order valence-corrected chi connectivity index (χ4v) is 2.68. The molecule has 18 heavy (non-hydrogen) atoms. The van der Waals surface area contributed by atoms with Gasteiger partial charge in [-0.25, -0.2) is 0 Å². The van der Waals surface area contributed by atoms with Crippen LogP contribution in [-0.4, -0.2) is 10.1 Å². The molecule has 0 spiro atoms. The number of aliphatic hydroxyl groups is 1. The summed E-state index contributed by atoms with van der Waals surface area (Å²) in [6.45, 7) is -0.0430. The third kappa shape index (κ3) is 1.77. The first kappa shape index (κ1) is 11.2. The molecule has 0 saturated heterocycles. The van der Waals surface area contributed by atoms with E-state index < -0.39 is 0 Å². The summed E-state index contributed by atoms with van der Waals surface area (Å²) in [4.78, 5) is 4.09. The highest BCUT2D eigenvalue weighted by molar-refractivity contribution is 5.80. The second-order valence-corrected chi connectivity index (χ2v) is 4.71. The first-order valence-electron chi connectivity index (χ1n) is 6.26. The molecule has 1 aliphatic rings. The average molecular weight is 240 g/mol. The van der Waals surface area contributed by atoms with Crippen LogP contribution in [0.25, 0.3) is 11.1 Å². The minimum Gasteiger partial charge on any atom is -0.398 e. The van der Waals surface area contributed by atoms with E-state index in [1.165, 1.54) is 17.5 Å². The summed E-state index contributed by atoms with van der Waals surface area (Å²) in [5, 5.41) is 9.14. The monoisotopic (exact) mass is 240 g/mol. The van der Waals surface area contributed by atoms with Crippen molar-refractivity contribution in [1.82, 2.24) is 4.98 Å². The van der Waals surface area contributed by atoms with Crippen molar-refractivity contribution in [3.8, 4) is 11.1 Å². The van der Waals surface area contributed by atoms with Crippen molar-refractivity contribution in [2.24, 2.45) is 0 Å². The molecule has 1 heterocycles. The highest BCUT2D eigenvalue weighted by atomic mass is 16.3. The summed E-state index contributed by atoms with van der Waals surface area (Å²) in [7, 11) is 0. The van der Waals surface area contributed by atoms with Gasteiger partial charge in [-0.15, -0.1) is 0 Å². The molecule has 3 rings (SSSR count). The number of hydrogen-bond donors (Lipinski definition) is 2. The van der Waals surface area contributed by atoms with Crippen molar-refractivity contribution in [3.05, 3.63) is 47.3 Å². The van der Waals surface area contributed by atoms with Gasteiger partial charge in [-0.1, -0.05) is 12.1 Å². The van der Waals surface area contributed by atoms with Gasteiger partial charge in [-0.2, -0.15) is 0 Å². The van der Waals surface area contributed by atoms with Crippen molar-refractivity contribution in [1.29, 1.82) is 0 Å². The van der Waals surface area contributed by atoms with E-state index in [1.54, 1.807) is 6.20 Å². The number of nitrogens with two attached hydrogens (primary N) is 1. The number of pyridine rings is 1. The third-order valence-electron chi connectivity index (χ3n) is 3.62. The number of rotatable bonds is 2. The fourth-order valence-electron chi connectivity index (χ4n) is 2.68. The molecule has 0 fully saturated rings. The predicted molar refractivity (Wildman–Crippen MR) is 72.0 cm³/mol. The van der Waals surface area contributed by atoms with E-state index in [0.717, 1.165) is 29.7 Å². The van der Waals surface area contributed by atoms with Gasteiger partial charge in [0, 0.05) is 17.4 Å². The zero-order valence-corrected chi connectivity index (χ0v) is 10.2. The Morgan fingerprint density at radius 1 is 1.22 bits per heavy atom. The Kier molecular flexibility index (Phi) is 2.76. The van der Waals surface area contributed by atoms with E-state index in [1.807, 2.05) is 12.1 Å². The molecule has 3 heteroatoms. The molecule has 0 aliphatic heterocycles. The molecule has 1 aromatic heterocycles. The third-order valence-corrected chi connectivity index (χ3v) is 3.62. The first-order chi connectivity index (χ1) is 8.79. The van der Waals surface area contributed by atoms with Crippen molar-refractivity contribution >= 4 is 5.69 Å². The van der Waals surface area contributed by atoms with Crippen LogP contribution >= 0.6 is 0 Å². The van der Waals surface area contributed by atoms with Crippen molar-refractivity contribution in [2.45, 2.75) is 25.9 Å². The number of aryl methyl sites for hydroxylation is 1. The van der Waals surface area contributed by atoms with Crippen LogP contribution in [0.2, 0.25) is 0 Å². The molecule has 0 amide bonds. The summed E-state index contributed by atoms with van der Waals surface area (Å²) in [5.41, 5.74) is 12.6. The van der Waals surface area contributed by atoms with Gasteiger partial charge >= 0.3 is 0 Å². The van der Waals surface area contributed by atoms with Gasteiger partial charge < -0.3 is 10.8 Å². The van der Waals surface area contributed by atoms with E-state index in [-0.39, 0.29) is 6.61 Å². The zero-order valence-electron chi connectivity index (χ0n) is 10.2. The molecule has 1 aliphatic carbocycles. The fraction of sp³-hybridized carbons (Fsp3) is 0.267. The molecule has 0 atom stereocenters. The highest BCUT2D eigenvalue weighted by Crippen LogP contribution is 2.35. The molecule has 92 valence electrons. The minimum absolute atomic E-state index is 0.0430. The summed E-state index contributed by atoms with van der Waals surface area (Å²) in [5.74, 6) is 0. The highest BCUT2D eigenvalue weighted by Gasteiger charge is 2.16. The number of benzene rings is 1. The number of nitrogen functional groups attached to an aromatic ring is 1. The molecule has 3 N–H and O–H groups in total. The molecule has 1 aromatic carbocycles. The van der Waals surface area contributed by atoms with Gasteiger partial charge in [0.05, 0.1) is 12.3 Å². The number of anilines is 1. The molecule has 3 nitrogen and oxygen atoms in total. The summed E-state index contributed by atoms with van der Waals surface area (Å²) in [6, 6.07) is 8.09. The molecule has 0 bridgehead atoms. The maximum absolute atomic E-state index is 9.14. The lowest BCUT2D eigenvalue weighted by atomic mass is 9.98. The molecule has 0 unspecified atom stereocenters. The standard InChI is InChI=1S/C15H16N2O/c16-15-13-3-1-2-10(13)4-5-14(15)11-6-7-17-12(8-11)9-18/h4-8,18H,1-3,9,16H2. The Labute approximate surface area is 106 Å². The van der Waals surface area contributed by atoms with E-state index in [9.17, 15) is 0 Å². The Bertz CT molecular complexity index is 593. The SMILES string of the molecule is Nc1c(-c2ccnc(CO)c2)ccc2c1CCC2. The van der Waals surface area contributed by atoms with E-state index in [4.69, 9.17) is 10.8 Å². The van der Waals surface area contributed by atoms with Crippen LogP contribution in [0.4, 0.5) is 5.69 Å². The number of hydrogen-bond acceptors (Lipinski definition) is 3. The molecular formula is C15H16N2O. The molecular weight excluding hydrogens is 224 g/mol. The van der Waals surface area contributed by atoms with Gasteiger partial charge in [-0.3, -0.25) is 4.98 Å². The molecule has 2 aromatic rings. The van der Waals surface area contributed by atoms with E-state index >= 15 is 0 Å². The van der Waals surface area contributed by atoms with Crippen LogP contribution in [0.15, 0.2) is 30.5 Å². The van der Waals surface area contributed by atoms with Crippen LogP contribution in [0.3, 0.4) is 0 Å². The largest absolute Gasteiger partial charge is 0.398 e. The van der Waals surface area contributed by atoms with Crippen LogP contribution in [0, 0.1) is 0 Å². The lowest BCUT2D eigenvalue weighted by Crippen LogP contribution is -1.98. The summed E-state index contributed by atoms with van der Waals surface area (Å²) in [6.07, 6.45) is 5.12. The van der Waals surface area contributed by atoms with Crippen molar-refractivity contribution in [2.75, 3.05) is 5.73 Å². The lowest BCUT2D eigenvalue weighted by molar-refractivity contribution is 0.277. The number of fused-ring (bicyclic) bond motifs is 1. The molecule has 0 radical (unpaired) electrons. The lowest BCUT2D eigenvalue weighted by Gasteiger charge is -2.11. The van der Waals surface area contributed by atoms with Crippen LogP contribution in [-0.2, 0) is 19.4 Å². The van der Waals surface area contributed by atoms with E-state index in [2.05, 4.69) is 17.1 Å². The second-order valence-electron chi connectivity index (χ2n) is 4.71. The average Bonchev–Trinajstić information content (AvgIpc) is 2.88. The Balaban J connectivity index is 2.11.